The van der Waals surface area contributed by atoms with Gasteiger partial charge in [-0.25, -0.2) is 10.4 Å². The first-order valence-corrected chi connectivity index (χ1v) is 10.6. The summed E-state index contributed by atoms with van der Waals surface area (Å²) in [6.45, 7) is 0.640. The molecule has 0 spiro atoms. The number of pyridine rings is 1. The SMILES string of the molecule is O=C(CSc1nc2ccccc2n1Cc1ccc(Cl)cc1)N/N=C\c1cccnc1. The first-order chi connectivity index (χ1) is 14.7. The normalized spacial score (nSPS) is 11.2. The molecule has 1 N–H and O–H groups in total. The number of imidazole rings is 1. The quantitative estimate of drug-likeness (QED) is 0.266. The van der Waals surface area contributed by atoms with Crippen LogP contribution in [0.1, 0.15) is 11.1 Å². The van der Waals surface area contributed by atoms with E-state index in [1.165, 1.54) is 11.8 Å². The third-order valence-corrected chi connectivity index (χ3v) is 5.52. The molecule has 0 aliphatic carbocycles. The third kappa shape index (κ3) is 5.06. The van der Waals surface area contributed by atoms with Gasteiger partial charge < -0.3 is 4.57 Å². The third-order valence-electron chi connectivity index (χ3n) is 4.29. The summed E-state index contributed by atoms with van der Waals surface area (Å²) in [6, 6.07) is 19.3. The lowest BCUT2D eigenvalue weighted by Gasteiger charge is -2.09. The van der Waals surface area contributed by atoms with Crippen LogP contribution in [0.3, 0.4) is 0 Å². The molecule has 0 saturated carbocycles. The van der Waals surface area contributed by atoms with Crippen molar-refractivity contribution >= 4 is 46.5 Å². The first kappa shape index (κ1) is 20.1. The van der Waals surface area contributed by atoms with Crippen LogP contribution < -0.4 is 5.43 Å². The van der Waals surface area contributed by atoms with Crippen molar-refractivity contribution in [2.24, 2.45) is 5.10 Å². The van der Waals surface area contributed by atoms with Crippen LogP contribution in [-0.4, -0.2) is 32.4 Å². The Morgan fingerprint density at radius 3 is 2.77 bits per heavy atom. The van der Waals surface area contributed by atoms with Crippen molar-refractivity contribution in [3.05, 3.63) is 89.2 Å². The van der Waals surface area contributed by atoms with Crippen molar-refractivity contribution in [1.82, 2.24) is 20.0 Å². The van der Waals surface area contributed by atoms with E-state index >= 15 is 0 Å². The number of aromatic nitrogens is 3. The number of hydrazone groups is 1. The van der Waals surface area contributed by atoms with Gasteiger partial charge >= 0.3 is 0 Å². The van der Waals surface area contributed by atoms with Crippen LogP contribution in [0, 0.1) is 0 Å². The Kier molecular flexibility index (Phi) is 6.41. The fourth-order valence-corrected chi connectivity index (χ4v) is 3.81. The van der Waals surface area contributed by atoms with Crippen LogP contribution in [-0.2, 0) is 11.3 Å². The van der Waals surface area contributed by atoms with Crippen molar-refractivity contribution < 1.29 is 4.79 Å². The summed E-state index contributed by atoms with van der Waals surface area (Å²) in [6.07, 6.45) is 4.91. The van der Waals surface area contributed by atoms with Gasteiger partial charge in [-0.2, -0.15) is 5.10 Å². The molecule has 0 radical (unpaired) electrons. The Labute approximate surface area is 183 Å². The van der Waals surface area contributed by atoms with E-state index in [0.29, 0.717) is 11.6 Å². The summed E-state index contributed by atoms with van der Waals surface area (Å²) >= 11 is 7.38. The molecule has 2 heterocycles. The van der Waals surface area contributed by atoms with Crippen LogP contribution in [0.5, 0.6) is 0 Å². The average molecular weight is 436 g/mol. The van der Waals surface area contributed by atoms with E-state index in [9.17, 15) is 4.79 Å². The van der Waals surface area contributed by atoms with E-state index in [2.05, 4.69) is 20.1 Å². The number of amides is 1. The lowest BCUT2D eigenvalue weighted by atomic mass is 10.2. The minimum atomic E-state index is -0.203. The highest BCUT2D eigenvalue weighted by Crippen LogP contribution is 2.25. The molecular formula is C22H18ClN5OS. The number of nitrogens with one attached hydrogen (secondary N) is 1. The maximum absolute atomic E-state index is 12.2. The van der Waals surface area contributed by atoms with Crippen LogP contribution in [0.4, 0.5) is 0 Å². The Balaban J connectivity index is 1.46. The Bertz CT molecular complexity index is 1180. The van der Waals surface area contributed by atoms with Crippen molar-refractivity contribution in [1.29, 1.82) is 0 Å². The molecule has 0 fully saturated rings. The van der Waals surface area contributed by atoms with Gasteiger partial charge in [0.2, 0.25) is 0 Å². The number of nitrogens with zero attached hydrogens (tertiary/aromatic N) is 4. The zero-order valence-corrected chi connectivity index (χ0v) is 17.5. The summed E-state index contributed by atoms with van der Waals surface area (Å²) in [4.78, 5) is 20.9. The molecule has 0 aliphatic rings. The number of carbonyl (C=O) groups excluding carboxylic acids is 1. The predicted octanol–water partition coefficient (Wildman–Crippen LogP) is 4.38. The highest BCUT2D eigenvalue weighted by Gasteiger charge is 2.13. The predicted molar refractivity (Wildman–Crippen MR) is 121 cm³/mol. The van der Waals surface area contributed by atoms with Gasteiger partial charge in [-0.05, 0) is 35.9 Å². The van der Waals surface area contributed by atoms with Gasteiger partial charge in [-0.1, -0.05) is 53.7 Å². The molecule has 150 valence electrons. The van der Waals surface area contributed by atoms with Crippen LogP contribution in [0.25, 0.3) is 11.0 Å². The molecule has 2 aromatic carbocycles. The first-order valence-electron chi connectivity index (χ1n) is 9.23. The number of thioether (sulfide) groups is 1. The zero-order chi connectivity index (χ0) is 20.8. The molecule has 6 nitrogen and oxygen atoms in total. The number of hydrogen-bond acceptors (Lipinski definition) is 5. The Morgan fingerprint density at radius 2 is 1.97 bits per heavy atom. The lowest BCUT2D eigenvalue weighted by molar-refractivity contribution is -0.118. The van der Waals surface area contributed by atoms with E-state index in [4.69, 9.17) is 16.6 Å². The fourth-order valence-electron chi connectivity index (χ4n) is 2.88. The molecular weight excluding hydrogens is 418 g/mol. The second-order valence-electron chi connectivity index (χ2n) is 6.46. The number of para-hydroxylation sites is 2. The number of hydrogen-bond donors (Lipinski definition) is 1. The molecule has 0 aliphatic heterocycles. The molecule has 30 heavy (non-hydrogen) atoms. The number of halogens is 1. The largest absolute Gasteiger partial charge is 0.314 e. The van der Waals surface area contributed by atoms with Gasteiger partial charge in [-0.3, -0.25) is 9.78 Å². The molecule has 8 heteroatoms. The molecule has 0 saturated heterocycles. The van der Waals surface area contributed by atoms with E-state index in [1.54, 1.807) is 18.6 Å². The van der Waals surface area contributed by atoms with Crippen molar-refractivity contribution in [2.75, 3.05) is 5.75 Å². The lowest BCUT2D eigenvalue weighted by Crippen LogP contribution is -2.20. The van der Waals surface area contributed by atoms with Crippen LogP contribution >= 0.6 is 23.4 Å². The maximum Gasteiger partial charge on any atom is 0.250 e. The number of benzene rings is 2. The van der Waals surface area contributed by atoms with Gasteiger partial charge in [0, 0.05) is 23.0 Å². The molecule has 4 rings (SSSR count). The molecule has 2 aromatic heterocycles. The minimum Gasteiger partial charge on any atom is -0.314 e. The maximum atomic E-state index is 12.2. The summed E-state index contributed by atoms with van der Waals surface area (Å²) in [5, 5.41) is 5.45. The van der Waals surface area contributed by atoms with Gasteiger partial charge in [0.15, 0.2) is 5.16 Å². The standard InChI is InChI=1S/C22H18ClN5OS/c23-18-9-7-16(8-10-18)14-28-20-6-2-1-5-19(20)26-22(28)30-15-21(29)27-25-13-17-4-3-11-24-12-17/h1-13H,14-15H2,(H,27,29)/b25-13-. The monoisotopic (exact) mass is 435 g/mol. The fraction of sp³-hybridized carbons (Fsp3) is 0.0909. The zero-order valence-electron chi connectivity index (χ0n) is 15.9. The number of fused-ring (bicyclic) bond motifs is 1. The molecule has 0 bridgehead atoms. The molecule has 0 unspecified atom stereocenters. The second-order valence-corrected chi connectivity index (χ2v) is 7.84. The van der Waals surface area contributed by atoms with E-state index in [0.717, 1.165) is 27.3 Å². The second kappa shape index (κ2) is 9.56. The Morgan fingerprint density at radius 1 is 1.13 bits per heavy atom. The smallest absolute Gasteiger partial charge is 0.250 e. The van der Waals surface area contributed by atoms with E-state index in [1.807, 2.05) is 60.7 Å². The number of carbonyl (C=O) groups is 1. The molecule has 4 aromatic rings. The average Bonchev–Trinajstić information content (AvgIpc) is 3.12. The van der Waals surface area contributed by atoms with Crippen molar-refractivity contribution in [3.8, 4) is 0 Å². The van der Waals surface area contributed by atoms with Gasteiger partial charge in [-0.15, -0.1) is 0 Å². The summed E-state index contributed by atoms with van der Waals surface area (Å²) in [5.74, 6) is -0.000784. The molecule has 0 atom stereocenters. The van der Waals surface area contributed by atoms with Crippen LogP contribution in [0.15, 0.2) is 83.3 Å². The minimum absolute atomic E-state index is 0.203. The topological polar surface area (TPSA) is 72.2 Å². The van der Waals surface area contributed by atoms with Gasteiger partial charge in [0.1, 0.15) is 0 Å². The highest BCUT2D eigenvalue weighted by atomic mass is 35.5. The van der Waals surface area contributed by atoms with Crippen molar-refractivity contribution in [2.45, 2.75) is 11.7 Å². The van der Waals surface area contributed by atoms with E-state index in [-0.39, 0.29) is 11.7 Å². The van der Waals surface area contributed by atoms with E-state index < -0.39 is 0 Å². The highest BCUT2D eigenvalue weighted by molar-refractivity contribution is 7.99. The van der Waals surface area contributed by atoms with Gasteiger partial charge in [0.05, 0.1) is 29.5 Å². The Hall–Kier alpha value is -3.16. The summed E-state index contributed by atoms with van der Waals surface area (Å²) in [7, 11) is 0. The van der Waals surface area contributed by atoms with Crippen LogP contribution in [0.2, 0.25) is 5.02 Å². The number of rotatable bonds is 7. The summed E-state index contributed by atoms with van der Waals surface area (Å²) in [5.41, 5.74) is 6.37. The van der Waals surface area contributed by atoms with Crippen molar-refractivity contribution in [3.63, 3.8) is 0 Å². The van der Waals surface area contributed by atoms with Gasteiger partial charge in [0.25, 0.3) is 5.91 Å². The summed E-state index contributed by atoms with van der Waals surface area (Å²) < 4.78 is 2.11. The molecule has 1 amide bonds.